The molecule has 166 valence electrons. The summed E-state index contributed by atoms with van der Waals surface area (Å²) >= 11 is 0. The van der Waals surface area contributed by atoms with Gasteiger partial charge in [-0.05, 0) is 25.3 Å². The number of hydrogen-bond donors (Lipinski definition) is 1. The van der Waals surface area contributed by atoms with Gasteiger partial charge in [-0.3, -0.25) is 14.4 Å². The molecule has 0 saturated heterocycles. The second-order valence-electron chi connectivity index (χ2n) is 6.66. The van der Waals surface area contributed by atoms with Crippen LogP contribution in [0.3, 0.4) is 0 Å². The molecule has 2 atom stereocenters. The number of methoxy groups -OCH3 is 1. The van der Waals surface area contributed by atoms with Crippen molar-refractivity contribution < 1.29 is 28.7 Å². The lowest BCUT2D eigenvalue weighted by atomic mass is 9.98. The van der Waals surface area contributed by atoms with Crippen molar-refractivity contribution in [3.8, 4) is 0 Å². The topological polar surface area (TPSA) is 98.8 Å². The van der Waals surface area contributed by atoms with Crippen molar-refractivity contribution in [3.05, 3.63) is 35.9 Å². The summed E-state index contributed by atoms with van der Waals surface area (Å²) in [7, 11) is 4.39. The van der Waals surface area contributed by atoms with Crippen LogP contribution in [0, 0.1) is 5.92 Å². The number of Topliss-reactive ketones (excluding diaryl/α,β-unsaturated/α-hetero) is 1. The van der Waals surface area contributed by atoms with E-state index >= 15 is 0 Å². The third-order valence-electron chi connectivity index (χ3n) is 4.22. The number of nitrogens with one attached hydrogen (secondary N) is 1. The Balaban J connectivity index is 2.28. The first-order valence-electron chi connectivity index (χ1n) is 9.62. The molecule has 30 heavy (non-hydrogen) atoms. The van der Waals surface area contributed by atoms with Crippen LogP contribution in [0.25, 0.3) is 0 Å². The predicted octanol–water partition coefficient (Wildman–Crippen LogP) is 3.16. The average Bonchev–Trinajstić information content (AvgIpc) is 2.72. The van der Waals surface area contributed by atoms with Crippen molar-refractivity contribution in [1.82, 2.24) is 5.32 Å². The van der Waals surface area contributed by atoms with Crippen molar-refractivity contribution in [1.29, 1.82) is 0 Å². The van der Waals surface area contributed by atoms with Crippen LogP contribution in [-0.2, 0) is 35.3 Å². The van der Waals surface area contributed by atoms with Gasteiger partial charge in [0.2, 0.25) is 5.91 Å². The van der Waals surface area contributed by atoms with Crippen molar-refractivity contribution >= 4 is 45.2 Å². The number of esters is 2. The number of hydrogen-bond acceptors (Lipinski definition) is 8. The predicted molar refractivity (Wildman–Crippen MR) is 119 cm³/mol. The summed E-state index contributed by atoms with van der Waals surface area (Å²) in [5, 5.41) is 2.57. The summed E-state index contributed by atoms with van der Waals surface area (Å²) in [6.07, 6.45) is 1.09. The molecule has 0 saturated carbocycles. The number of ketones is 1. The second kappa shape index (κ2) is 14.9. The normalized spacial score (nSPS) is 12.5. The fraction of sp³-hybridized carbons (Fsp3) is 0.524. The average molecular weight is 456 g/mol. The SMILES string of the molecule is COC(=O)[C@H](CCSSCCC(CC(=O)OCc1ccccc1)C(C)=O)NC(C)=O. The third kappa shape index (κ3) is 11.3. The summed E-state index contributed by atoms with van der Waals surface area (Å²) in [5.74, 6) is -0.225. The van der Waals surface area contributed by atoms with E-state index in [1.165, 1.54) is 21.0 Å². The molecule has 1 aromatic rings. The molecule has 1 unspecified atom stereocenters. The highest BCUT2D eigenvalue weighted by Gasteiger charge is 2.21. The van der Waals surface area contributed by atoms with Crippen LogP contribution in [0.4, 0.5) is 0 Å². The van der Waals surface area contributed by atoms with Crippen molar-refractivity contribution in [2.75, 3.05) is 18.6 Å². The maximum atomic E-state index is 12.1. The number of benzene rings is 1. The van der Waals surface area contributed by atoms with Crippen LogP contribution >= 0.6 is 21.6 Å². The first-order valence-corrected chi connectivity index (χ1v) is 12.1. The maximum absolute atomic E-state index is 12.1. The van der Waals surface area contributed by atoms with Gasteiger partial charge < -0.3 is 14.8 Å². The van der Waals surface area contributed by atoms with E-state index in [2.05, 4.69) is 10.1 Å². The lowest BCUT2D eigenvalue weighted by Crippen LogP contribution is -2.40. The van der Waals surface area contributed by atoms with E-state index in [1.807, 2.05) is 30.3 Å². The van der Waals surface area contributed by atoms with E-state index in [-0.39, 0.29) is 36.6 Å². The molecule has 1 rings (SSSR count). The molecule has 0 aromatic heterocycles. The molecule has 0 bridgehead atoms. The monoisotopic (exact) mass is 455 g/mol. The minimum Gasteiger partial charge on any atom is -0.467 e. The molecular weight excluding hydrogens is 426 g/mol. The molecule has 0 aliphatic rings. The maximum Gasteiger partial charge on any atom is 0.328 e. The molecule has 0 heterocycles. The van der Waals surface area contributed by atoms with Crippen LogP contribution in [0.2, 0.25) is 0 Å². The standard InChI is InChI=1S/C21H29NO6S2/c1-15(23)18(13-20(25)28-14-17-7-5-4-6-8-17)9-11-29-30-12-10-19(21(26)27-3)22-16(2)24/h4-8,18-19H,9-14H2,1-3H3,(H,22,24)/t18?,19-/m0/s1. The van der Waals surface area contributed by atoms with E-state index in [0.29, 0.717) is 24.3 Å². The second-order valence-corrected chi connectivity index (χ2v) is 9.36. The fourth-order valence-corrected chi connectivity index (χ4v) is 4.79. The number of rotatable bonds is 14. The molecule has 0 aliphatic carbocycles. The van der Waals surface area contributed by atoms with Crippen LogP contribution in [0.15, 0.2) is 30.3 Å². The summed E-state index contributed by atoms with van der Waals surface area (Å²) in [6, 6.07) is 8.73. The lowest BCUT2D eigenvalue weighted by molar-refractivity contribution is -0.147. The fourth-order valence-electron chi connectivity index (χ4n) is 2.56. The third-order valence-corrected chi connectivity index (χ3v) is 6.69. The van der Waals surface area contributed by atoms with Gasteiger partial charge in [-0.1, -0.05) is 51.9 Å². The number of carbonyl (C=O) groups is 4. The van der Waals surface area contributed by atoms with Gasteiger partial charge in [-0.25, -0.2) is 4.79 Å². The largest absolute Gasteiger partial charge is 0.467 e. The molecule has 1 N–H and O–H groups in total. The van der Waals surface area contributed by atoms with Gasteiger partial charge in [-0.15, -0.1) is 0 Å². The van der Waals surface area contributed by atoms with Gasteiger partial charge in [0.1, 0.15) is 18.4 Å². The summed E-state index contributed by atoms with van der Waals surface area (Å²) in [5.41, 5.74) is 0.904. The molecule has 0 aliphatic heterocycles. The van der Waals surface area contributed by atoms with Gasteiger partial charge in [0.15, 0.2) is 0 Å². The Morgan fingerprint density at radius 2 is 1.63 bits per heavy atom. The van der Waals surface area contributed by atoms with Crippen LogP contribution < -0.4 is 5.32 Å². The van der Waals surface area contributed by atoms with Crippen LogP contribution in [0.1, 0.15) is 38.7 Å². The van der Waals surface area contributed by atoms with E-state index < -0.39 is 12.0 Å². The molecule has 1 amide bonds. The van der Waals surface area contributed by atoms with E-state index in [1.54, 1.807) is 21.6 Å². The Kier molecular flexibility index (Phi) is 12.9. The number of carbonyl (C=O) groups excluding carboxylic acids is 4. The molecule has 0 fully saturated rings. The molecule has 0 spiro atoms. The summed E-state index contributed by atoms with van der Waals surface area (Å²) in [6.45, 7) is 3.04. The highest BCUT2D eigenvalue weighted by molar-refractivity contribution is 8.76. The zero-order valence-corrected chi connectivity index (χ0v) is 19.2. The molecule has 0 radical (unpaired) electrons. The molecule has 7 nitrogen and oxygen atoms in total. The molecule has 9 heteroatoms. The van der Waals surface area contributed by atoms with Crippen molar-refractivity contribution in [2.24, 2.45) is 5.92 Å². The Bertz CT molecular complexity index is 698. The van der Waals surface area contributed by atoms with Gasteiger partial charge in [0.25, 0.3) is 0 Å². The van der Waals surface area contributed by atoms with E-state index in [0.717, 1.165) is 5.56 Å². The highest BCUT2D eigenvalue weighted by Crippen LogP contribution is 2.26. The minimum atomic E-state index is -0.662. The highest BCUT2D eigenvalue weighted by atomic mass is 33.1. The Morgan fingerprint density at radius 3 is 2.20 bits per heavy atom. The number of amides is 1. The smallest absolute Gasteiger partial charge is 0.328 e. The first kappa shape index (κ1) is 26.0. The number of ether oxygens (including phenoxy) is 2. The molecular formula is C21H29NO6S2. The Morgan fingerprint density at radius 1 is 1.00 bits per heavy atom. The summed E-state index contributed by atoms with van der Waals surface area (Å²) < 4.78 is 9.95. The van der Waals surface area contributed by atoms with Gasteiger partial charge >= 0.3 is 11.9 Å². The van der Waals surface area contributed by atoms with E-state index in [9.17, 15) is 19.2 Å². The Hall–Kier alpha value is -2.00. The van der Waals surface area contributed by atoms with Crippen LogP contribution in [0.5, 0.6) is 0 Å². The van der Waals surface area contributed by atoms with Crippen molar-refractivity contribution in [2.45, 2.75) is 45.8 Å². The lowest BCUT2D eigenvalue weighted by Gasteiger charge is -2.15. The minimum absolute atomic E-state index is 0.0336. The van der Waals surface area contributed by atoms with Gasteiger partial charge in [-0.2, -0.15) is 0 Å². The zero-order chi connectivity index (χ0) is 22.4. The zero-order valence-electron chi connectivity index (χ0n) is 17.6. The molecule has 1 aromatic carbocycles. The van der Waals surface area contributed by atoms with Gasteiger partial charge in [0, 0.05) is 24.3 Å². The van der Waals surface area contributed by atoms with Crippen molar-refractivity contribution in [3.63, 3.8) is 0 Å². The Labute approximate surface area is 185 Å². The van der Waals surface area contributed by atoms with E-state index in [4.69, 9.17) is 4.74 Å². The summed E-state index contributed by atoms with van der Waals surface area (Å²) in [4.78, 5) is 46.7. The first-order chi connectivity index (χ1) is 14.3. The quantitative estimate of drug-likeness (QED) is 0.259. The van der Waals surface area contributed by atoms with Gasteiger partial charge in [0.05, 0.1) is 13.5 Å². The van der Waals surface area contributed by atoms with Crippen LogP contribution in [-0.4, -0.2) is 48.3 Å².